The van der Waals surface area contributed by atoms with Gasteiger partial charge in [-0.15, -0.1) is 11.8 Å². The van der Waals surface area contributed by atoms with Crippen LogP contribution >= 0.6 is 11.8 Å². The number of aromatic nitrogens is 5. The highest BCUT2D eigenvalue weighted by molar-refractivity contribution is 8.01. The number of carbonyl (C=O) groups excluding carboxylic acids is 2. The van der Waals surface area contributed by atoms with E-state index < -0.39 is 23.6 Å². The molecule has 1 N–H and O–H groups in total. The van der Waals surface area contributed by atoms with E-state index in [9.17, 15) is 18.4 Å². The molecule has 4 heterocycles. The largest absolute Gasteiger partial charge is 0.439 e. The monoisotopic (exact) mass is 764 g/mol. The first-order chi connectivity index (χ1) is 26.3. The number of nitrogens with zero attached hydrogens (tertiary/aromatic N) is 7. The van der Waals surface area contributed by atoms with Gasteiger partial charge < -0.3 is 19.5 Å². The van der Waals surface area contributed by atoms with Crippen molar-refractivity contribution in [2.24, 2.45) is 4.99 Å². The van der Waals surface area contributed by atoms with Gasteiger partial charge in [-0.2, -0.15) is 14.6 Å². The van der Waals surface area contributed by atoms with Gasteiger partial charge in [-0.3, -0.25) is 19.4 Å². The van der Waals surface area contributed by atoms with E-state index in [2.05, 4.69) is 41.8 Å². The average molecular weight is 765 g/mol. The number of hydrogen-bond acceptors (Lipinski definition) is 11. The molecule has 0 bridgehead atoms. The number of rotatable bonds is 14. The van der Waals surface area contributed by atoms with Gasteiger partial charge in [-0.05, 0) is 56.3 Å². The van der Waals surface area contributed by atoms with E-state index in [4.69, 9.17) is 9.47 Å². The third-order valence-corrected chi connectivity index (χ3v) is 9.71. The highest BCUT2D eigenvalue weighted by Gasteiger charge is 2.24. The van der Waals surface area contributed by atoms with E-state index in [1.54, 1.807) is 47.9 Å². The first-order valence-electron chi connectivity index (χ1n) is 17.9. The minimum absolute atomic E-state index is 0.0244. The first-order valence-corrected chi connectivity index (χ1v) is 18.9. The number of thioether (sulfide) groups is 1. The van der Waals surface area contributed by atoms with Crippen LogP contribution in [0.5, 0.6) is 0 Å². The lowest BCUT2D eigenvalue weighted by Gasteiger charge is -2.26. The number of nitrogens with one attached hydrogen (secondary N) is 1. The zero-order valence-corrected chi connectivity index (χ0v) is 31.4. The van der Waals surface area contributed by atoms with Gasteiger partial charge in [0.1, 0.15) is 17.1 Å². The Bertz CT molecular complexity index is 1870. The average Bonchev–Trinajstić information content (AvgIpc) is 3.84. The van der Waals surface area contributed by atoms with Gasteiger partial charge in [0.15, 0.2) is 12.5 Å². The van der Waals surface area contributed by atoms with Gasteiger partial charge >= 0.3 is 5.97 Å². The number of hydrogen-bond donors (Lipinski definition) is 1. The highest BCUT2D eigenvalue weighted by atomic mass is 32.2. The lowest BCUT2D eigenvalue weighted by atomic mass is 9.96. The molecule has 1 aromatic carbocycles. The molecular weight excluding hydrogens is 719 g/mol. The van der Waals surface area contributed by atoms with Gasteiger partial charge in [-0.1, -0.05) is 31.4 Å². The molecular formula is C38H46F2N8O5S. The van der Waals surface area contributed by atoms with Crippen molar-refractivity contribution in [2.75, 3.05) is 45.3 Å². The summed E-state index contributed by atoms with van der Waals surface area (Å²) >= 11 is 1.29. The van der Waals surface area contributed by atoms with Gasteiger partial charge in [0.05, 0.1) is 36.7 Å². The summed E-state index contributed by atoms with van der Waals surface area (Å²) in [6.07, 6.45) is 10.0. The number of anilines is 1. The van der Waals surface area contributed by atoms with Crippen LogP contribution in [0.1, 0.15) is 66.6 Å². The Kier molecular flexibility index (Phi) is 15.4. The Morgan fingerprint density at radius 3 is 2.50 bits per heavy atom. The molecule has 2 fully saturated rings. The maximum absolute atomic E-state index is 14.8. The van der Waals surface area contributed by atoms with E-state index in [-0.39, 0.29) is 35.5 Å². The first kappa shape index (κ1) is 40.4. The summed E-state index contributed by atoms with van der Waals surface area (Å²) in [5.74, 6) is -2.22. The SMILES string of the molecule is C=N/C(=C\SCc1cnn(COC(=O)c2ccc(CN3CCOCC3)cc2)c1)C(=O)Nc1cn(C2CCCCC2)nc1-c1nc(F)ccc1F.CCOC. The second-order valence-electron chi connectivity index (χ2n) is 12.7. The molecule has 0 atom stereocenters. The molecule has 4 aromatic rings. The lowest BCUT2D eigenvalue weighted by Crippen LogP contribution is -2.35. The summed E-state index contributed by atoms with van der Waals surface area (Å²) in [5.41, 5.74) is 2.35. The molecule has 288 valence electrons. The topological polar surface area (TPSA) is 138 Å². The fourth-order valence-corrected chi connectivity index (χ4v) is 6.63. The van der Waals surface area contributed by atoms with Crippen molar-refractivity contribution < 1.29 is 32.6 Å². The lowest BCUT2D eigenvalue weighted by molar-refractivity contribution is -0.112. The smallest absolute Gasteiger partial charge is 0.339 e. The number of ether oxygens (including phenoxy) is 3. The number of morpholine rings is 1. The number of methoxy groups -OCH3 is 1. The molecule has 2 aliphatic rings. The number of pyridine rings is 1. The molecule has 1 saturated heterocycles. The van der Waals surface area contributed by atoms with Crippen LogP contribution in [0.4, 0.5) is 14.5 Å². The van der Waals surface area contributed by atoms with E-state index >= 15 is 0 Å². The molecule has 0 unspecified atom stereocenters. The van der Waals surface area contributed by atoms with Crippen molar-refractivity contribution in [2.45, 2.75) is 64.1 Å². The van der Waals surface area contributed by atoms with Crippen molar-refractivity contribution in [3.05, 3.63) is 94.5 Å². The highest BCUT2D eigenvalue weighted by Crippen LogP contribution is 2.33. The Labute approximate surface area is 317 Å². The summed E-state index contributed by atoms with van der Waals surface area (Å²) in [5, 5.41) is 13.1. The Balaban J connectivity index is 0.00000133. The number of halogens is 2. The van der Waals surface area contributed by atoms with Crippen LogP contribution < -0.4 is 5.32 Å². The summed E-state index contributed by atoms with van der Waals surface area (Å²) in [4.78, 5) is 35.8. The molecule has 1 aliphatic heterocycles. The van der Waals surface area contributed by atoms with E-state index in [1.165, 1.54) is 16.4 Å². The molecule has 0 spiro atoms. The van der Waals surface area contributed by atoms with Crippen LogP contribution in [-0.4, -0.2) is 88.1 Å². The molecule has 6 rings (SSSR count). The van der Waals surface area contributed by atoms with Crippen LogP contribution in [-0.2, 0) is 38.0 Å². The predicted octanol–water partition coefficient (Wildman–Crippen LogP) is 6.64. The fraction of sp³-hybridized carbons (Fsp3) is 0.421. The second kappa shape index (κ2) is 20.6. The van der Waals surface area contributed by atoms with Crippen molar-refractivity contribution >= 4 is 36.0 Å². The van der Waals surface area contributed by atoms with E-state index in [1.807, 2.05) is 19.1 Å². The Morgan fingerprint density at radius 1 is 1.06 bits per heavy atom. The van der Waals surface area contributed by atoms with Crippen LogP contribution in [0.25, 0.3) is 11.4 Å². The van der Waals surface area contributed by atoms with Crippen molar-refractivity contribution in [1.82, 2.24) is 29.4 Å². The van der Waals surface area contributed by atoms with Gasteiger partial charge in [0.25, 0.3) is 5.91 Å². The minimum Gasteiger partial charge on any atom is -0.439 e. The summed E-state index contributed by atoms with van der Waals surface area (Å²) in [7, 11) is 1.68. The van der Waals surface area contributed by atoms with Gasteiger partial charge in [0, 0.05) is 62.5 Å². The van der Waals surface area contributed by atoms with Gasteiger partial charge in [0.2, 0.25) is 5.95 Å². The fourth-order valence-electron chi connectivity index (χ4n) is 5.86. The molecule has 1 saturated carbocycles. The molecule has 54 heavy (non-hydrogen) atoms. The second-order valence-corrected chi connectivity index (χ2v) is 13.5. The van der Waals surface area contributed by atoms with E-state index in [0.29, 0.717) is 11.3 Å². The molecule has 0 radical (unpaired) electrons. The van der Waals surface area contributed by atoms with Crippen LogP contribution in [0.2, 0.25) is 0 Å². The van der Waals surface area contributed by atoms with Crippen LogP contribution in [0.15, 0.2) is 71.1 Å². The molecule has 1 amide bonds. The maximum atomic E-state index is 14.8. The summed E-state index contributed by atoms with van der Waals surface area (Å²) in [6.45, 7) is 10.3. The quantitative estimate of drug-likeness (QED) is 0.0644. The van der Waals surface area contributed by atoms with Crippen molar-refractivity contribution in [3.63, 3.8) is 0 Å². The van der Waals surface area contributed by atoms with Crippen LogP contribution in [0.3, 0.4) is 0 Å². The normalized spacial score (nSPS) is 15.3. The summed E-state index contributed by atoms with van der Waals surface area (Å²) in [6, 6.07) is 9.37. The molecule has 3 aromatic heterocycles. The number of amides is 1. The molecule has 1 aliphatic carbocycles. The minimum atomic E-state index is -0.859. The third kappa shape index (κ3) is 11.6. The number of aliphatic imine (C=N–C) groups is 1. The number of benzene rings is 1. The Morgan fingerprint density at radius 2 is 1.80 bits per heavy atom. The van der Waals surface area contributed by atoms with Crippen molar-refractivity contribution in [3.8, 4) is 11.4 Å². The summed E-state index contributed by atoms with van der Waals surface area (Å²) < 4.78 is 47.4. The Hall–Kier alpha value is -4.77. The standard InChI is InChI=1S/C35H38F2N8O4S.C3H8O/c1-38-30(34(46)40-29-20-45(27-5-3-2-4-6-27)42-33(29)32-28(36)11-12-31(37)41-32)22-50-21-25-17-39-44(19-25)23-49-35(47)26-9-7-24(8-10-26)18-43-13-15-48-16-14-43;1-3-4-2/h7-12,17,19-20,22,27H,1-6,13-16,18,21,23H2,(H,40,46);3H2,1-2H3/b30-22-;. The van der Waals surface area contributed by atoms with E-state index in [0.717, 1.165) is 94.8 Å². The third-order valence-electron chi connectivity index (χ3n) is 8.82. The predicted molar refractivity (Wildman–Crippen MR) is 203 cm³/mol. The number of esters is 1. The maximum Gasteiger partial charge on any atom is 0.339 e. The zero-order chi connectivity index (χ0) is 38.3. The molecule has 13 nitrogen and oxygen atoms in total. The molecule has 16 heteroatoms. The zero-order valence-electron chi connectivity index (χ0n) is 30.6. The number of carbonyl (C=O) groups is 2. The van der Waals surface area contributed by atoms with Crippen LogP contribution in [0, 0.1) is 11.8 Å². The van der Waals surface area contributed by atoms with Crippen molar-refractivity contribution in [1.29, 1.82) is 0 Å². The van der Waals surface area contributed by atoms with Gasteiger partial charge in [-0.25, -0.2) is 18.9 Å².